The Labute approximate surface area is 74.2 Å². The second-order valence-electron chi connectivity index (χ2n) is 4.40. The molecule has 12 heavy (non-hydrogen) atoms. The number of epoxide rings is 1. The summed E-state index contributed by atoms with van der Waals surface area (Å²) >= 11 is 0. The van der Waals surface area contributed by atoms with Crippen LogP contribution in [-0.2, 0) is 9.47 Å². The predicted octanol–water partition coefficient (Wildman–Crippen LogP) is 1.98. The fraction of sp³-hybridized carbons (Fsp3) is 1.00. The summed E-state index contributed by atoms with van der Waals surface area (Å²) in [6.45, 7) is 4.75. The first kappa shape index (κ1) is 8.52. The Kier molecular flexibility index (Phi) is 2.37. The molecule has 0 N–H and O–H groups in total. The van der Waals surface area contributed by atoms with Crippen LogP contribution >= 0.6 is 0 Å². The van der Waals surface area contributed by atoms with Crippen molar-refractivity contribution in [2.24, 2.45) is 5.92 Å². The molecule has 0 aromatic heterocycles. The lowest BCUT2D eigenvalue weighted by atomic mass is 10.1. The maximum atomic E-state index is 5.62. The molecule has 0 aromatic rings. The smallest absolute Gasteiger partial charge is 0.112 e. The third-order valence-corrected chi connectivity index (χ3v) is 2.87. The number of hydrogen-bond acceptors (Lipinski definition) is 2. The van der Waals surface area contributed by atoms with Gasteiger partial charge in [0.2, 0.25) is 0 Å². The van der Waals surface area contributed by atoms with Crippen molar-refractivity contribution in [3.63, 3.8) is 0 Å². The van der Waals surface area contributed by atoms with Gasteiger partial charge in [0.25, 0.3) is 0 Å². The summed E-state index contributed by atoms with van der Waals surface area (Å²) in [5, 5.41) is 0. The highest BCUT2D eigenvalue weighted by molar-refractivity contribution is 4.86. The summed E-state index contributed by atoms with van der Waals surface area (Å²) in [5.41, 5.74) is 0.0819. The normalized spacial score (nSPS) is 35.8. The van der Waals surface area contributed by atoms with Gasteiger partial charge in [-0.25, -0.2) is 0 Å². The molecule has 0 bridgehead atoms. The molecule has 0 spiro atoms. The van der Waals surface area contributed by atoms with Gasteiger partial charge in [-0.3, -0.25) is 0 Å². The van der Waals surface area contributed by atoms with Gasteiger partial charge >= 0.3 is 0 Å². The van der Waals surface area contributed by atoms with E-state index in [0.29, 0.717) is 0 Å². The molecule has 1 saturated heterocycles. The summed E-state index contributed by atoms with van der Waals surface area (Å²) in [7, 11) is 0. The summed E-state index contributed by atoms with van der Waals surface area (Å²) in [6.07, 6.45) is 5.55. The molecule has 1 unspecified atom stereocenters. The lowest BCUT2D eigenvalue weighted by Crippen LogP contribution is -2.17. The second kappa shape index (κ2) is 3.35. The maximum absolute atomic E-state index is 5.62. The molecule has 0 radical (unpaired) electrons. The Bertz CT molecular complexity index is 146. The first-order chi connectivity index (χ1) is 5.79. The summed E-state index contributed by atoms with van der Waals surface area (Å²) < 4.78 is 10.9. The van der Waals surface area contributed by atoms with Crippen LogP contribution in [0.3, 0.4) is 0 Å². The molecule has 70 valence electrons. The van der Waals surface area contributed by atoms with E-state index in [1.807, 2.05) is 0 Å². The monoisotopic (exact) mass is 170 g/mol. The number of ether oxygens (including phenoxy) is 2. The quantitative estimate of drug-likeness (QED) is 0.602. The van der Waals surface area contributed by atoms with Crippen LogP contribution < -0.4 is 0 Å². The molecule has 1 atom stereocenters. The Hall–Kier alpha value is -0.0800. The van der Waals surface area contributed by atoms with Gasteiger partial charge in [-0.1, -0.05) is 12.8 Å². The molecule has 1 aliphatic carbocycles. The first-order valence-electron chi connectivity index (χ1n) is 5.00. The van der Waals surface area contributed by atoms with E-state index in [0.717, 1.165) is 25.7 Å². The fourth-order valence-electron chi connectivity index (χ4n) is 1.83. The zero-order valence-electron chi connectivity index (χ0n) is 7.84. The van der Waals surface area contributed by atoms with Crippen LogP contribution in [0.25, 0.3) is 0 Å². The van der Waals surface area contributed by atoms with Gasteiger partial charge in [0.1, 0.15) is 5.60 Å². The van der Waals surface area contributed by atoms with Gasteiger partial charge in [0, 0.05) is 6.61 Å². The first-order valence-corrected chi connectivity index (χ1v) is 5.00. The van der Waals surface area contributed by atoms with E-state index >= 15 is 0 Å². The highest BCUT2D eigenvalue weighted by Gasteiger charge is 2.39. The van der Waals surface area contributed by atoms with Crippen molar-refractivity contribution in [3.05, 3.63) is 0 Å². The molecule has 0 aromatic carbocycles. The van der Waals surface area contributed by atoms with Gasteiger partial charge < -0.3 is 9.47 Å². The Morgan fingerprint density at radius 3 is 2.67 bits per heavy atom. The van der Waals surface area contributed by atoms with Crippen LogP contribution in [0.2, 0.25) is 0 Å². The van der Waals surface area contributed by atoms with Gasteiger partial charge in [-0.15, -0.1) is 0 Å². The van der Waals surface area contributed by atoms with E-state index in [1.165, 1.54) is 25.7 Å². The van der Waals surface area contributed by atoms with Crippen molar-refractivity contribution in [2.75, 3.05) is 19.8 Å². The molecule has 1 heterocycles. The lowest BCUT2D eigenvalue weighted by Gasteiger charge is -2.11. The molecule has 2 heteroatoms. The van der Waals surface area contributed by atoms with Gasteiger partial charge in [0.05, 0.1) is 13.2 Å². The zero-order chi connectivity index (χ0) is 8.44. The van der Waals surface area contributed by atoms with E-state index in [2.05, 4.69) is 6.92 Å². The van der Waals surface area contributed by atoms with Gasteiger partial charge in [-0.2, -0.15) is 0 Å². The third kappa shape index (κ3) is 2.20. The minimum atomic E-state index is 0.0819. The molecular formula is C10H18O2. The maximum Gasteiger partial charge on any atom is 0.112 e. The predicted molar refractivity (Wildman–Crippen MR) is 47.1 cm³/mol. The van der Waals surface area contributed by atoms with Crippen LogP contribution in [0.1, 0.15) is 32.6 Å². The summed E-state index contributed by atoms with van der Waals surface area (Å²) in [5.74, 6) is 0.840. The van der Waals surface area contributed by atoms with E-state index in [-0.39, 0.29) is 5.60 Å². The molecular weight excluding hydrogens is 152 g/mol. The van der Waals surface area contributed by atoms with Crippen LogP contribution in [0.4, 0.5) is 0 Å². The van der Waals surface area contributed by atoms with Crippen molar-refractivity contribution in [2.45, 2.75) is 38.2 Å². The molecule has 1 aliphatic heterocycles. The average Bonchev–Trinajstić information content (AvgIpc) is 2.61. The molecule has 2 nitrogen and oxygen atoms in total. The second-order valence-corrected chi connectivity index (χ2v) is 4.40. The topological polar surface area (TPSA) is 21.8 Å². The fourth-order valence-corrected chi connectivity index (χ4v) is 1.83. The SMILES string of the molecule is CC1(COCC2CCCC2)CO1. The molecule has 0 amide bonds. The van der Waals surface area contributed by atoms with Crippen molar-refractivity contribution < 1.29 is 9.47 Å². The Morgan fingerprint density at radius 1 is 1.42 bits per heavy atom. The van der Waals surface area contributed by atoms with Gasteiger partial charge in [0.15, 0.2) is 0 Å². The lowest BCUT2D eigenvalue weighted by molar-refractivity contribution is 0.0622. The van der Waals surface area contributed by atoms with Crippen LogP contribution in [0.5, 0.6) is 0 Å². The van der Waals surface area contributed by atoms with Crippen LogP contribution in [0.15, 0.2) is 0 Å². The number of rotatable bonds is 4. The van der Waals surface area contributed by atoms with Crippen molar-refractivity contribution in [1.29, 1.82) is 0 Å². The molecule has 2 aliphatic rings. The molecule has 1 saturated carbocycles. The van der Waals surface area contributed by atoms with Crippen molar-refractivity contribution in [3.8, 4) is 0 Å². The van der Waals surface area contributed by atoms with Gasteiger partial charge in [-0.05, 0) is 25.7 Å². The van der Waals surface area contributed by atoms with Crippen molar-refractivity contribution in [1.82, 2.24) is 0 Å². The van der Waals surface area contributed by atoms with Crippen molar-refractivity contribution >= 4 is 0 Å². The Balaban J connectivity index is 1.56. The van der Waals surface area contributed by atoms with Crippen LogP contribution in [-0.4, -0.2) is 25.4 Å². The standard InChI is InChI=1S/C10H18O2/c1-10(8-12-10)7-11-6-9-4-2-3-5-9/h9H,2-8H2,1H3. The molecule has 2 rings (SSSR count). The summed E-state index contributed by atoms with van der Waals surface area (Å²) in [4.78, 5) is 0. The molecule has 2 fully saturated rings. The van der Waals surface area contributed by atoms with Crippen LogP contribution in [0, 0.1) is 5.92 Å². The summed E-state index contributed by atoms with van der Waals surface area (Å²) in [6, 6.07) is 0. The number of hydrogen-bond donors (Lipinski definition) is 0. The minimum absolute atomic E-state index is 0.0819. The zero-order valence-corrected chi connectivity index (χ0v) is 7.84. The highest BCUT2D eigenvalue weighted by atomic mass is 16.6. The average molecular weight is 170 g/mol. The minimum Gasteiger partial charge on any atom is -0.378 e. The Morgan fingerprint density at radius 2 is 2.08 bits per heavy atom. The van der Waals surface area contributed by atoms with E-state index in [9.17, 15) is 0 Å². The largest absolute Gasteiger partial charge is 0.378 e. The highest BCUT2D eigenvalue weighted by Crippen LogP contribution is 2.28. The third-order valence-electron chi connectivity index (χ3n) is 2.87. The van der Waals surface area contributed by atoms with E-state index in [1.54, 1.807) is 0 Å². The van der Waals surface area contributed by atoms with E-state index < -0.39 is 0 Å². The van der Waals surface area contributed by atoms with E-state index in [4.69, 9.17) is 9.47 Å².